The van der Waals surface area contributed by atoms with Crippen LogP contribution in [0, 0.1) is 0 Å². The quantitative estimate of drug-likeness (QED) is 0.505. The van der Waals surface area contributed by atoms with E-state index in [9.17, 15) is 22.8 Å². The standard InChI is InChI=1S/C26H29F3N4O5/c1-24(2,3)38-23(35)32-12-13-36-20-16(15-32)8-6-9-17(20)21(34)31-25(4,5)22-30-14-18-19(37-26(27,28)29)10-7-11-33(18)22/h6-11,14H,12-13,15H2,1-5H3,(H,31,34). The Kier molecular flexibility index (Phi) is 6.94. The fourth-order valence-electron chi connectivity index (χ4n) is 4.16. The number of benzene rings is 1. The van der Waals surface area contributed by atoms with Crippen LogP contribution in [-0.4, -0.2) is 51.4 Å². The van der Waals surface area contributed by atoms with E-state index in [1.807, 2.05) is 0 Å². The van der Waals surface area contributed by atoms with Crippen LogP contribution < -0.4 is 14.8 Å². The first-order valence-corrected chi connectivity index (χ1v) is 11.9. The van der Waals surface area contributed by atoms with Crippen molar-refractivity contribution >= 4 is 17.5 Å². The maximum absolute atomic E-state index is 13.4. The molecule has 1 aliphatic rings. The molecule has 0 saturated heterocycles. The molecule has 0 saturated carbocycles. The largest absolute Gasteiger partial charge is 0.573 e. The molecule has 2 aromatic heterocycles. The first-order valence-electron chi connectivity index (χ1n) is 11.9. The third-order valence-electron chi connectivity index (χ3n) is 5.70. The van der Waals surface area contributed by atoms with Crippen molar-refractivity contribution in [3.8, 4) is 11.5 Å². The summed E-state index contributed by atoms with van der Waals surface area (Å²) in [6, 6.07) is 7.65. The molecule has 0 unspecified atom stereocenters. The Bertz CT molecular complexity index is 1360. The third kappa shape index (κ3) is 5.95. The maximum atomic E-state index is 13.4. The number of ether oxygens (including phenoxy) is 3. The minimum absolute atomic E-state index is 0.0984. The number of rotatable bonds is 4. The van der Waals surface area contributed by atoms with E-state index in [-0.39, 0.29) is 30.8 Å². The first-order chi connectivity index (χ1) is 17.6. The molecule has 3 heterocycles. The Balaban J connectivity index is 1.58. The van der Waals surface area contributed by atoms with Gasteiger partial charge < -0.3 is 24.4 Å². The molecule has 1 aliphatic heterocycles. The van der Waals surface area contributed by atoms with Crippen LogP contribution in [0.4, 0.5) is 18.0 Å². The lowest BCUT2D eigenvalue weighted by Gasteiger charge is -2.26. The zero-order chi connectivity index (χ0) is 27.9. The summed E-state index contributed by atoms with van der Waals surface area (Å²) in [6.45, 7) is 9.35. The number of pyridine rings is 1. The number of imidazole rings is 1. The molecule has 0 spiro atoms. The van der Waals surface area contributed by atoms with Crippen LogP contribution in [0.2, 0.25) is 0 Å². The maximum Gasteiger partial charge on any atom is 0.573 e. The Morgan fingerprint density at radius 1 is 1.08 bits per heavy atom. The zero-order valence-corrected chi connectivity index (χ0v) is 21.7. The Morgan fingerprint density at radius 2 is 1.82 bits per heavy atom. The van der Waals surface area contributed by atoms with Gasteiger partial charge in [0.25, 0.3) is 5.91 Å². The second-order valence-electron chi connectivity index (χ2n) is 10.4. The molecule has 0 atom stereocenters. The van der Waals surface area contributed by atoms with Gasteiger partial charge in [-0.15, -0.1) is 13.2 Å². The van der Waals surface area contributed by atoms with E-state index in [2.05, 4.69) is 15.0 Å². The number of para-hydroxylation sites is 1. The lowest BCUT2D eigenvalue weighted by atomic mass is 10.0. The molecule has 0 bridgehead atoms. The molecule has 2 amide bonds. The first kappa shape index (κ1) is 27.1. The van der Waals surface area contributed by atoms with Gasteiger partial charge in [-0.3, -0.25) is 9.20 Å². The van der Waals surface area contributed by atoms with Crippen LogP contribution in [0.15, 0.2) is 42.7 Å². The molecule has 38 heavy (non-hydrogen) atoms. The van der Waals surface area contributed by atoms with E-state index in [0.29, 0.717) is 17.1 Å². The summed E-state index contributed by atoms with van der Waals surface area (Å²) in [5.74, 6) is -0.234. The molecule has 3 aromatic rings. The van der Waals surface area contributed by atoms with Gasteiger partial charge in [0.1, 0.15) is 29.3 Å². The van der Waals surface area contributed by atoms with Crippen molar-refractivity contribution in [2.24, 2.45) is 0 Å². The SMILES string of the molecule is CC(C)(C)OC(=O)N1CCOc2c(cccc2C(=O)NC(C)(C)c2ncc3c(OC(F)(F)F)cccn23)C1. The van der Waals surface area contributed by atoms with Crippen molar-refractivity contribution in [1.82, 2.24) is 19.6 Å². The summed E-state index contributed by atoms with van der Waals surface area (Å²) in [5.41, 5.74) is -0.767. The van der Waals surface area contributed by atoms with Crippen molar-refractivity contribution < 1.29 is 37.0 Å². The van der Waals surface area contributed by atoms with E-state index in [1.54, 1.807) is 52.8 Å². The lowest BCUT2D eigenvalue weighted by Crippen LogP contribution is -2.42. The Labute approximate surface area is 217 Å². The van der Waals surface area contributed by atoms with Crippen molar-refractivity contribution in [2.75, 3.05) is 13.2 Å². The monoisotopic (exact) mass is 534 g/mol. The van der Waals surface area contributed by atoms with E-state index >= 15 is 0 Å². The molecule has 12 heteroatoms. The highest BCUT2D eigenvalue weighted by Gasteiger charge is 2.34. The van der Waals surface area contributed by atoms with Crippen LogP contribution in [0.5, 0.6) is 11.5 Å². The van der Waals surface area contributed by atoms with Crippen molar-refractivity contribution in [3.05, 3.63) is 59.7 Å². The van der Waals surface area contributed by atoms with Crippen LogP contribution in [0.1, 0.15) is 56.4 Å². The highest BCUT2D eigenvalue weighted by atomic mass is 19.4. The molecular formula is C26H29F3N4O5. The molecule has 4 rings (SSSR count). The minimum atomic E-state index is -4.86. The topological polar surface area (TPSA) is 94.4 Å². The van der Waals surface area contributed by atoms with Crippen molar-refractivity contribution in [3.63, 3.8) is 0 Å². The fourth-order valence-corrected chi connectivity index (χ4v) is 4.16. The summed E-state index contributed by atoms with van der Waals surface area (Å²) in [5, 5.41) is 2.90. The smallest absolute Gasteiger partial charge is 0.491 e. The molecular weight excluding hydrogens is 505 g/mol. The summed E-state index contributed by atoms with van der Waals surface area (Å²) in [6.07, 6.45) is -2.55. The third-order valence-corrected chi connectivity index (χ3v) is 5.70. The van der Waals surface area contributed by atoms with Crippen LogP contribution >= 0.6 is 0 Å². The van der Waals surface area contributed by atoms with Gasteiger partial charge in [0, 0.05) is 11.8 Å². The molecule has 0 aliphatic carbocycles. The van der Waals surface area contributed by atoms with E-state index in [1.165, 1.54) is 33.8 Å². The summed E-state index contributed by atoms with van der Waals surface area (Å²) in [7, 11) is 0. The number of aromatic nitrogens is 2. The summed E-state index contributed by atoms with van der Waals surface area (Å²) >= 11 is 0. The number of nitrogens with zero attached hydrogens (tertiary/aromatic N) is 3. The van der Waals surface area contributed by atoms with E-state index in [4.69, 9.17) is 9.47 Å². The second-order valence-corrected chi connectivity index (χ2v) is 10.4. The number of hydrogen-bond donors (Lipinski definition) is 1. The second kappa shape index (κ2) is 9.73. The summed E-state index contributed by atoms with van der Waals surface area (Å²) < 4.78 is 55.4. The average molecular weight is 535 g/mol. The van der Waals surface area contributed by atoms with Gasteiger partial charge >= 0.3 is 12.5 Å². The number of nitrogens with one attached hydrogen (secondary N) is 1. The van der Waals surface area contributed by atoms with Gasteiger partial charge in [0.2, 0.25) is 0 Å². The molecule has 1 N–H and O–H groups in total. The highest BCUT2D eigenvalue weighted by Crippen LogP contribution is 2.32. The predicted octanol–water partition coefficient (Wildman–Crippen LogP) is 5.03. The van der Waals surface area contributed by atoms with Gasteiger partial charge in [0.15, 0.2) is 5.75 Å². The molecule has 9 nitrogen and oxygen atoms in total. The molecule has 0 radical (unpaired) electrons. The van der Waals surface area contributed by atoms with E-state index < -0.39 is 35.3 Å². The average Bonchev–Trinajstić information content (AvgIpc) is 3.11. The Hall–Kier alpha value is -3.96. The molecule has 1 aromatic carbocycles. The number of carbonyl (C=O) groups is 2. The number of halogens is 3. The van der Waals surface area contributed by atoms with Crippen molar-refractivity contribution in [2.45, 2.75) is 58.7 Å². The van der Waals surface area contributed by atoms with E-state index in [0.717, 1.165) is 0 Å². The molecule has 0 fully saturated rings. The Morgan fingerprint density at radius 3 is 2.50 bits per heavy atom. The zero-order valence-electron chi connectivity index (χ0n) is 21.7. The van der Waals surface area contributed by atoms with Gasteiger partial charge in [-0.25, -0.2) is 9.78 Å². The number of alkyl halides is 3. The van der Waals surface area contributed by atoms with Crippen molar-refractivity contribution in [1.29, 1.82) is 0 Å². The number of fused-ring (bicyclic) bond motifs is 2. The summed E-state index contributed by atoms with van der Waals surface area (Å²) in [4.78, 5) is 31.8. The van der Waals surface area contributed by atoms with Gasteiger partial charge in [0.05, 0.1) is 30.4 Å². The predicted molar refractivity (Wildman–Crippen MR) is 131 cm³/mol. The highest BCUT2D eigenvalue weighted by molar-refractivity contribution is 5.98. The minimum Gasteiger partial charge on any atom is -0.491 e. The van der Waals surface area contributed by atoms with Gasteiger partial charge in [-0.2, -0.15) is 0 Å². The number of hydrogen-bond acceptors (Lipinski definition) is 6. The van der Waals surface area contributed by atoms with Crippen LogP contribution in [-0.2, 0) is 16.8 Å². The normalized spacial score (nSPS) is 14.4. The van der Waals surface area contributed by atoms with Gasteiger partial charge in [-0.05, 0) is 52.8 Å². The number of amides is 2. The van der Waals surface area contributed by atoms with Crippen LogP contribution in [0.3, 0.4) is 0 Å². The lowest BCUT2D eigenvalue weighted by molar-refractivity contribution is -0.274. The van der Waals surface area contributed by atoms with Gasteiger partial charge in [-0.1, -0.05) is 12.1 Å². The fraction of sp³-hybridized carbons (Fsp3) is 0.423. The molecule has 204 valence electrons. The van der Waals surface area contributed by atoms with Crippen LogP contribution in [0.25, 0.3) is 5.52 Å². The number of carbonyl (C=O) groups excluding carboxylic acids is 2.